The second kappa shape index (κ2) is 10.6. The molecule has 0 aliphatic carbocycles. The van der Waals surface area contributed by atoms with Gasteiger partial charge in [0.1, 0.15) is 18.9 Å². The first-order chi connectivity index (χ1) is 16.7. The molecule has 0 aromatic heterocycles. The second-order valence-electron chi connectivity index (χ2n) is 9.22. The Balaban J connectivity index is 1.13. The second-order valence-corrected chi connectivity index (χ2v) is 9.22. The summed E-state index contributed by atoms with van der Waals surface area (Å²) in [7, 11) is 0. The summed E-state index contributed by atoms with van der Waals surface area (Å²) >= 11 is 0. The molecule has 0 bridgehead atoms. The van der Waals surface area contributed by atoms with Crippen LogP contribution in [0.25, 0.3) is 6.08 Å². The van der Waals surface area contributed by atoms with Gasteiger partial charge in [0.2, 0.25) is 0 Å². The standard InChI is InChI=1S/C27H33N3O4/c1-20(16-21-6-3-2-4-7-21)17-29-10-12-30(13-11-29)18-25-23-19-33-27-22(26(23)28-34-25)8-5-9-24(27)32-15-14-31/h2-9,16,23,25,31H,10-15,17-19H2,1H3/b20-16+. The van der Waals surface area contributed by atoms with Gasteiger partial charge in [-0.15, -0.1) is 0 Å². The van der Waals surface area contributed by atoms with Gasteiger partial charge in [0.05, 0.1) is 12.5 Å². The number of oxime groups is 1. The molecule has 3 aliphatic rings. The van der Waals surface area contributed by atoms with E-state index in [1.807, 2.05) is 18.2 Å². The maximum atomic E-state index is 9.07. The van der Waals surface area contributed by atoms with Crippen LogP contribution in [0.1, 0.15) is 18.1 Å². The summed E-state index contributed by atoms with van der Waals surface area (Å²) in [6, 6.07) is 16.3. The molecule has 7 nitrogen and oxygen atoms in total. The van der Waals surface area contributed by atoms with Crippen molar-refractivity contribution in [3.8, 4) is 11.5 Å². The predicted molar refractivity (Wildman–Crippen MR) is 132 cm³/mol. The van der Waals surface area contributed by atoms with Gasteiger partial charge in [-0.3, -0.25) is 9.80 Å². The summed E-state index contributed by atoms with van der Waals surface area (Å²) in [5, 5.41) is 13.5. The number of ether oxygens (including phenoxy) is 2. The smallest absolute Gasteiger partial charge is 0.170 e. The van der Waals surface area contributed by atoms with Crippen LogP contribution in [0.3, 0.4) is 0 Å². The number of aliphatic hydroxyl groups excluding tert-OH is 1. The summed E-state index contributed by atoms with van der Waals surface area (Å²) in [4.78, 5) is 10.9. The van der Waals surface area contributed by atoms with E-state index in [1.165, 1.54) is 11.1 Å². The number of benzene rings is 2. The van der Waals surface area contributed by atoms with E-state index in [0.29, 0.717) is 18.1 Å². The van der Waals surface area contributed by atoms with Crippen molar-refractivity contribution in [1.29, 1.82) is 0 Å². The molecule has 2 aromatic carbocycles. The Morgan fingerprint density at radius 2 is 1.88 bits per heavy atom. The maximum Gasteiger partial charge on any atom is 0.170 e. The summed E-state index contributed by atoms with van der Waals surface area (Å²) < 4.78 is 11.7. The van der Waals surface area contributed by atoms with Crippen LogP contribution in [0.5, 0.6) is 11.5 Å². The fourth-order valence-corrected chi connectivity index (χ4v) is 4.96. The minimum Gasteiger partial charge on any atom is -0.488 e. The Hall–Kier alpha value is -2.87. The fraction of sp³-hybridized carbons (Fsp3) is 0.444. The Kier molecular flexibility index (Phi) is 7.13. The first-order valence-electron chi connectivity index (χ1n) is 12.1. The Morgan fingerprint density at radius 3 is 2.68 bits per heavy atom. The number of piperazine rings is 1. The molecular formula is C27H33N3O4. The largest absolute Gasteiger partial charge is 0.488 e. The van der Waals surface area contributed by atoms with Crippen molar-refractivity contribution >= 4 is 11.8 Å². The van der Waals surface area contributed by atoms with Crippen molar-refractivity contribution in [1.82, 2.24) is 9.80 Å². The van der Waals surface area contributed by atoms with Gasteiger partial charge in [-0.25, -0.2) is 0 Å². The van der Waals surface area contributed by atoms with Crippen molar-refractivity contribution in [2.45, 2.75) is 13.0 Å². The highest BCUT2D eigenvalue weighted by molar-refractivity contribution is 6.06. The van der Waals surface area contributed by atoms with Crippen LogP contribution in [0.4, 0.5) is 0 Å². The molecule has 1 fully saturated rings. The van der Waals surface area contributed by atoms with Crippen molar-refractivity contribution in [3.05, 3.63) is 65.2 Å². The van der Waals surface area contributed by atoms with Gasteiger partial charge >= 0.3 is 0 Å². The average molecular weight is 464 g/mol. The summed E-state index contributed by atoms with van der Waals surface area (Å²) in [5.74, 6) is 1.46. The number of hydrogen-bond acceptors (Lipinski definition) is 7. The van der Waals surface area contributed by atoms with E-state index < -0.39 is 0 Å². The van der Waals surface area contributed by atoms with Crippen molar-refractivity contribution in [3.63, 3.8) is 0 Å². The highest BCUT2D eigenvalue weighted by Crippen LogP contribution is 2.40. The minimum atomic E-state index is -0.0332. The molecule has 1 saturated heterocycles. The molecule has 0 saturated carbocycles. The highest BCUT2D eigenvalue weighted by Gasteiger charge is 2.41. The quantitative estimate of drug-likeness (QED) is 0.650. The number of hydrogen-bond donors (Lipinski definition) is 1. The third kappa shape index (κ3) is 5.12. The molecule has 2 aromatic rings. The molecule has 2 atom stereocenters. The number of fused-ring (bicyclic) bond motifs is 3. The lowest BCUT2D eigenvalue weighted by Gasteiger charge is -2.36. The minimum absolute atomic E-state index is 0.00331. The molecule has 2 unspecified atom stereocenters. The average Bonchev–Trinajstić information content (AvgIpc) is 3.27. The van der Waals surface area contributed by atoms with E-state index in [9.17, 15) is 0 Å². The number of nitrogens with zero attached hydrogens (tertiary/aromatic N) is 3. The summed E-state index contributed by atoms with van der Waals surface area (Å²) in [6.07, 6.45) is 2.27. The fourth-order valence-electron chi connectivity index (χ4n) is 4.96. The van der Waals surface area contributed by atoms with Gasteiger partial charge in [0.25, 0.3) is 0 Å². The zero-order chi connectivity index (χ0) is 23.3. The first-order valence-corrected chi connectivity index (χ1v) is 12.1. The summed E-state index contributed by atoms with van der Waals surface area (Å²) in [6.45, 7) is 8.95. The molecule has 3 aliphatic heterocycles. The summed E-state index contributed by atoms with van der Waals surface area (Å²) in [5.41, 5.74) is 4.52. The number of para-hydroxylation sites is 1. The van der Waals surface area contributed by atoms with Crippen molar-refractivity contribution < 1.29 is 19.4 Å². The van der Waals surface area contributed by atoms with E-state index in [0.717, 1.165) is 50.5 Å². The van der Waals surface area contributed by atoms with Crippen LogP contribution in [0.2, 0.25) is 0 Å². The van der Waals surface area contributed by atoms with Crippen molar-refractivity contribution in [2.75, 3.05) is 59.1 Å². The first kappa shape index (κ1) is 22.9. The monoisotopic (exact) mass is 463 g/mol. The topological polar surface area (TPSA) is 66.8 Å². The van der Waals surface area contributed by atoms with Crippen LogP contribution in [-0.4, -0.2) is 85.8 Å². The zero-order valence-corrected chi connectivity index (χ0v) is 19.7. The Labute approximate surface area is 201 Å². The molecule has 34 heavy (non-hydrogen) atoms. The normalized spacial score (nSPS) is 22.9. The van der Waals surface area contributed by atoms with Crippen LogP contribution < -0.4 is 9.47 Å². The molecular weight excluding hydrogens is 430 g/mol. The van der Waals surface area contributed by atoms with Gasteiger partial charge in [0.15, 0.2) is 17.6 Å². The van der Waals surface area contributed by atoms with Gasteiger partial charge in [-0.1, -0.05) is 53.2 Å². The molecule has 1 N–H and O–H groups in total. The molecule has 7 heteroatoms. The van der Waals surface area contributed by atoms with Gasteiger partial charge in [0, 0.05) is 44.8 Å². The molecule has 3 heterocycles. The van der Waals surface area contributed by atoms with E-state index in [2.05, 4.69) is 58.3 Å². The van der Waals surface area contributed by atoms with E-state index in [-0.39, 0.29) is 25.2 Å². The lowest BCUT2D eigenvalue weighted by atomic mass is 9.90. The molecule has 180 valence electrons. The third-order valence-corrected chi connectivity index (χ3v) is 6.69. The zero-order valence-electron chi connectivity index (χ0n) is 19.7. The maximum absolute atomic E-state index is 9.07. The van der Waals surface area contributed by atoms with E-state index in [4.69, 9.17) is 19.4 Å². The molecule has 5 rings (SSSR count). The lowest BCUT2D eigenvalue weighted by Crippen LogP contribution is -2.50. The van der Waals surface area contributed by atoms with E-state index >= 15 is 0 Å². The van der Waals surface area contributed by atoms with Gasteiger partial charge in [-0.2, -0.15) is 0 Å². The third-order valence-electron chi connectivity index (χ3n) is 6.69. The molecule has 0 amide bonds. The van der Waals surface area contributed by atoms with Gasteiger partial charge in [-0.05, 0) is 24.6 Å². The van der Waals surface area contributed by atoms with Crippen LogP contribution >= 0.6 is 0 Å². The van der Waals surface area contributed by atoms with Crippen LogP contribution in [-0.2, 0) is 4.84 Å². The molecule has 0 radical (unpaired) electrons. The number of rotatable bonds is 8. The predicted octanol–water partition coefficient (Wildman–Crippen LogP) is 2.89. The highest BCUT2D eigenvalue weighted by atomic mass is 16.6. The van der Waals surface area contributed by atoms with Crippen LogP contribution in [0, 0.1) is 5.92 Å². The Morgan fingerprint density at radius 1 is 1.09 bits per heavy atom. The van der Waals surface area contributed by atoms with Crippen LogP contribution in [0.15, 0.2) is 59.3 Å². The lowest BCUT2D eigenvalue weighted by molar-refractivity contribution is 0.00985. The SMILES string of the molecule is C/C(=C\c1ccccc1)CN1CCN(CC2ON=C3c4cccc(OCCO)c4OCC32)CC1. The number of aliphatic hydroxyl groups is 1. The van der Waals surface area contributed by atoms with E-state index in [1.54, 1.807) is 0 Å². The Bertz CT molecular complexity index is 1030. The van der Waals surface area contributed by atoms with Crippen molar-refractivity contribution in [2.24, 2.45) is 11.1 Å². The molecule has 0 spiro atoms. The van der Waals surface area contributed by atoms with Gasteiger partial charge < -0.3 is 19.4 Å².